The van der Waals surface area contributed by atoms with Gasteiger partial charge in [0.25, 0.3) is 0 Å². The molecule has 138 valence electrons. The molecule has 1 atom stereocenters. The first-order chi connectivity index (χ1) is 11.1. The molecule has 0 aromatic carbocycles. The van der Waals surface area contributed by atoms with Gasteiger partial charge >= 0.3 is 0 Å². The minimum Gasteiger partial charge on any atom is -0.379 e. The van der Waals surface area contributed by atoms with E-state index < -0.39 is 0 Å². The molecule has 0 unspecified atom stereocenters. The number of nitrogens with one attached hydrogen (secondary N) is 1. The van der Waals surface area contributed by atoms with Crippen LogP contribution >= 0.6 is 75.0 Å². The van der Waals surface area contributed by atoms with Crippen LogP contribution in [0.25, 0.3) is 10.2 Å². The Bertz CT molecular complexity index is 809. The van der Waals surface area contributed by atoms with Crippen LogP contribution in [0, 0.1) is 0 Å². The van der Waals surface area contributed by atoms with Crippen LogP contribution in [0.3, 0.4) is 0 Å². The standard InChI is InChI=1S/C16H17BrClN3S2.2ClH/c1-2-9(19)6-12-14(17)15-16(23-12)11(7-13(18)21-15)20-8-10-4-3-5-22-10;;/h3-5,7,9H,2,6,8,19H2,1H3,(H,20,21);2*1H/t9-;;/m0../s1. The molecule has 0 saturated heterocycles. The highest BCUT2D eigenvalue weighted by molar-refractivity contribution is 9.10. The van der Waals surface area contributed by atoms with Crippen molar-refractivity contribution in [1.82, 2.24) is 4.98 Å². The summed E-state index contributed by atoms with van der Waals surface area (Å²) in [6.07, 6.45) is 1.80. The van der Waals surface area contributed by atoms with Crippen molar-refractivity contribution < 1.29 is 0 Å². The number of nitrogens with two attached hydrogens (primary N) is 1. The summed E-state index contributed by atoms with van der Waals surface area (Å²) in [5, 5.41) is 6.06. The summed E-state index contributed by atoms with van der Waals surface area (Å²) in [5.74, 6) is 0. The Labute approximate surface area is 181 Å². The van der Waals surface area contributed by atoms with Crippen LogP contribution in [0.15, 0.2) is 28.1 Å². The fourth-order valence-corrected chi connectivity index (χ4v) is 5.17. The fraction of sp³-hybridized carbons (Fsp3) is 0.312. The second-order valence-corrected chi connectivity index (χ2v) is 8.63. The monoisotopic (exact) mass is 501 g/mol. The van der Waals surface area contributed by atoms with Crippen molar-refractivity contribution in [3.63, 3.8) is 0 Å². The van der Waals surface area contributed by atoms with Gasteiger partial charge < -0.3 is 11.1 Å². The van der Waals surface area contributed by atoms with Crippen LogP contribution in [-0.2, 0) is 13.0 Å². The summed E-state index contributed by atoms with van der Waals surface area (Å²) in [7, 11) is 0. The van der Waals surface area contributed by atoms with Gasteiger partial charge in [-0.15, -0.1) is 47.5 Å². The third-order valence-electron chi connectivity index (χ3n) is 3.62. The Balaban J connectivity index is 0.00000156. The summed E-state index contributed by atoms with van der Waals surface area (Å²) < 4.78 is 2.14. The third-order valence-corrected chi connectivity index (χ3v) is 7.05. The SMILES string of the molecule is CC[C@H](N)Cc1sc2c(NCc3cccs3)cc(Cl)nc2c1Br.Cl.Cl. The Hall–Kier alpha value is -0.0800. The fourth-order valence-electron chi connectivity index (χ4n) is 2.29. The number of pyridine rings is 1. The molecule has 0 fully saturated rings. The first kappa shape index (κ1) is 23.0. The van der Waals surface area contributed by atoms with Gasteiger partial charge in [0, 0.05) is 28.4 Å². The van der Waals surface area contributed by atoms with Crippen molar-refractivity contribution in [2.45, 2.75) is 32.4 Å². The quantitative estimate of drug-likeness (QED) is 0.377. The van der Waals surface area contributed by atoms with Crippen molar-refractivity contribution in [1.29, 1.82) is 0 Å². The van der Waals surface area contributed by atoms with Crippen molar-refractivity contribution in [3.8, 4) is 0 Å². The lowest BCUT2D eigenvalue weighted by Gasteiger charge is -2.06. The maximum absolute atomic E-state index is 6.21. The predicted molar refractivity (Wildman–Crippen MR) is 120 cm³/mol. The van der Waals surface area contributed by atoms with E-state index in [4.69, 9.17) is 17.3 Å². The van der Waals surface area contributed by atoms with Gasteiger partial charge in [0.05, 0.1) is 20.4 Å². The minimum absolute atomic E-state index is 0. The van der Waals surface area contributed by atoms with Crippen LogP contribution in [-0.4, -0.2) is 11.0 Å². The molecule has 3 aromatic heterocycles. The highest BCUT2D eigenvalue weighted by Crippen LogP contribution is 2.40. The number of nitrogens with zero attached hydrogens (tertiary/aromatic N) is 1. The molecule has 0 spiro atoms. The third kappa shape index (κ3) is 5.45. The van der Waals surface area contributed by atoms with E-state index in [2.05, 4.69) is 50.7 Å². The number of rotatable bonds is 6. The molecular weight excluding hydrogens is 485 g/mol. The van der Waals surface area contributed by atoms with Crippen LogP contribution < -0.4 is 11.1 Å². The molecule has 0 saturated carbocycles. The maximum Gasteiger partial charge on any atom is 0.131 e. The van der Waals surface area contributed by atoms with Gasteiger partial charge in [0.2, 0.25) is 0 Å². The first-order valence-electron chi connectivity index (χ1n) is 7.37. The summed E-state index contributed by atoms with van der Waals surface area (Å²) in [4.78, 5) is 7.00. The van der Waals surface area contributed by atoms with Gasteiger partial charge in [-0.1, -0.05) is 24.6 Å². The number of anilines is 1. The molecule has 9 heteroatoms. The van der Waals surface area contributed by atoms with Crippen molar-refractivity contribution in [2.75, 3.05) is 5.32 Å². The average molecular weight is 504 g/mol. The van der Waals surface area contributed by atoms with Gasteiger partial charge in [-0.3, -0.25) is 0 Å². The molecule has 0 aliphatic rings. The second-order valence-electron chi connectivity index (χ2n) is 5.31. The van der Waals surface area contributed by atoms with Gasteiger partial charge in [0.15, 0.2) is 0 Å². The maximum atomic E-state index is 6.21. The van der Waals surface area contributed by atoms with Crippen LogP contribution in [0.4, 0.5) is 5.69 Å². The number of aromatic nitrogens is 1. The van der Waals surface area contributed by atoms with E-state index >= 15 is 0 Å². The molecule has 3 N–H and O–H groups in total. The molecule has 0 amide bonds. The zero-order valence-corrected chi connectivity index (χ0v) is 19.0. The van der Waals surface area contributed by atoms with Crippen LogP contribution in [0.1, 0.15) is 23.1 Å². The topological polar surface area (TPSA) is 50.9 Å². The average Bonchev–Trinajstić information content (AvgIpc) is 3.15. The Morgan fingerprint density at radius 2 is 2.16 bits per heavy atom. The van der Waals surface area contributed by atoms with E-state index in [1.165, 1.54) is 9.75 Å². The summed E-state index contributed by atoms with van der Waals surface area (Å²) in [5.41, 5.74) is 8.05. The van der Waals surface area contributed by atoms with Gasteiger partial charge in [0.1, 0.15) is 5.15 Å². The first-order valence-corrected chi connectivity index (χ1v) is 10.2. The highest BCUT2D eigenvalue weighted by atomic mass is 79.9. The molecule has 3 aromatic rings. The summed E-state index contributed by atoms with van der Waals surface area (Å²) in [6.45, 7) is 2.89. The number of thiophene rings is 2. The predicted octanol–water partition coefficient (Wildman–Crippen LogP) is 6.51. The Morgan fingerprint density at radius 1 is 1.40 bits per heavy atom. The molecule has 0 aliphatic carbocycles. The molecule has 0 radical (unpaired) electrons. The van der Waals surface area contributed by atoms with E-state index in [0.29, 0.717) is 5.15 Å². The second kappa shape index (κ2) is 10.3. The number of fused-ring (bicyclic) bond motifs is 1. The number of halogens is 4. The van der Waals surface area contributed by atoms with E-state index in [1.54, 1.807) is 22.7 Å². The normalized spacial score (nSPS) is 11.7. The zero-order valence-electron chi connectivity index (χ0n) is 13.4. The Kier molecular flexibility index (Phi) is 9.46. The van der Waals surface area contributed by atoms with E-state index in [9.17, 15) is 0 Å². The summed E-state index contributed by atoms with van der Waals surface area (Å²) in [6, 6.07) is 6.23. The lowest BCUT2D eigenvalue weighted by molar-refractivity contribution is 0.651. The molecule has 3 rings (SSSR count). The molecule has 3 nitrogen and oxygen atoms in total. The van der Waals surface area contributed by atoms with Crippen molar-refractivity contribution in [2.24, 2.45) is 5.73 Å². The Morgan fingerprint density at radius 3 is 2.80 bits per heavy atom. The van der Waals surface area contributed by atoms with E-state index in [0.717, 1.165) is 39.8 Å². The van der Waals surface area contributed by atoms with Gasteiger partial charge in [-0.05, 0) is 40.2 Å². The molecule has 0 aliphatic heterocycles. The number of hydrogen-bond acceptors (Lipinski definition) is 5. The van der Waals surface area contributed by atoms with E-state index in [-0.39, 0.29) is 30.9 Å². The molecule has 3 heterocycles. The largest absolute Gasteiger partial charge is 0.379 e. The molecular formula is C16H19BrCl3N3S2. The zero-order chi connectivity index (χ0) is 16.4. The molecule has 25 heavy (non-hydrogen) atoms. The highest BCUT2D eigenvalue weighted by Gasteiger charge is 2.17. The van der Waals surface area contributed by atoms with E-state index in [1.807, 2.05) is 6.07 Å². The number of hydrogen-bond donors (Lipinski definition) is 2. The van der Waals surface area contributed by atoms with Crippen molar-refractivity contribution >= 4 is 90.9 Å². The smallest absolute Gasteiger partial charge is 0.131 e. The van der Waals surface area contributed by atoms with Crippen LogP contribution in [0.5, 0.6) is 0 Å². The summed E-state index contributed by atoms with van der Waals surface area (Å²) >= 11 is 13.4. The van der Waals surface area contributed by atoms with Crippen molar-refractivity contribution in [3.05, 3.63) is 43.0 Å². The van der Waals surface area contributed by atoms with Gasteiger partial charge in [-0.25, -0.2) is 4.98 Å². The van der Waals surface area contributed by atoms with Gasteiger partial charge in [-0.2, -0.15) is 0 Å². The van der Waals surface area contributed by atoms with Crippen LogP contribution in [0.2, 0.25) is 5.15 Å². The minimum atomic E-state index is 0. The lowest BCUT2D eigenvalue weighted by atomic mass is 10.1. The molecule has 0 bridgehead atoms. The lowest BCUT2D eigenvalue weighted by Crippen LogP contribution is -2.20.